The third-order valence-corrected chi connectivity index (χ3v) is 1.60. The Hall–Kier alpha value is -1.26. The molecule has 0 aromatic carbocycles. The van der Waals surface area contributed by atoms with Crippen LogP contribution >= 0.6 is 0 Å². The third kappa shape index (κ3) is 9.05. The van der Waals surface area contributed by atoms with E-state index in [9.17, 15) is 9.59 Å². The number of alkyl carbamates (subject to hydrolysis) is 1. The highest BCUT2D eigenvalue weighted by Crippen LogP contribution is 1.88. The Morgan fingerprint density at radius 1 is 1.27 bits per heavy atom. The molecule has 0 radical (unpaired) electrons. The van der Waals surface area contributed by atoms with Crippen molar-refractivity contribution in [2.45, 2.75) is 27.2 Å². The van der Waals surface area contributed by atoms with Crippen LogP contribution in [0.15, 0.2) is 0 Å². The molecule has 0 aliphatic heterocycles. The fourth-order valence-electron chi connectivity index (χ4n) is 0.867. The van der Waals surface area contributed by atoms with Crippen molar-refractivity contribution < 1.29 is 14.3 Å². The van der Waals surface area contributed by atoms with E-state index in [0.717, 1.165) is 0 Å². The zero-order valence-corrected chi connectivity index (χ0v) is 9.63. The minimum atomic E-state index is -0.478. The van der Waals surface area contributed by atoms with E-state index in [1.807, 2.05) is 13.8 Å². The molecule has 5 heteroatoms. The molecule has 0 aliphatic rings. The quantitative estimate of drug-likeness (QED) is 0.693. The van der Waals surface area contributed by atoms with Gasteiger partial charge in [-0.15, -0.1) is 0 Å². The Morgan fingerprint density at radius 3 is 2.47 bits per heavy atom. The number of hydrogen-bond donors (Lipinski definition) is 2. The average Bonchev–Trinajstić information content (AvgIpc) is 2.15. The van der Waals surface area contributed by atoms with E-state index in [4.69, 9.17) is 0 Å². The smallest absolute Gasteiger partial charge is 0.407 e. The number of ether oxygens (including phenoxy) is 1. The van der Waals surface area contributed by atoms with Gasteiger partial charge >= 0.3 is 6.09 Å². The molecule has 0 aromatic rings. The number of carbonyl (C=O) groups is 2. The molecular formula is C10H20N2O3. The first-order valence-electron chi connectivity index (χ1n) is 5.23. The zero-order valence-electron chi connectivity index (χ0n) is 9.63. The number of nitrogens with one attached hydrogen (secondary N) is 2. The first-order valence-corrected chi connectivity index (χ1v) is 5.23. The highest BCUT2D eigenvalue weighted by Gasteiger charge is 2.04. The Kier molecular flexibility index (Phi) is 7.40. The predicted octanol–water partition coefficient (Wildman–Crippen LogP) is 0.895. The summed E-state index contributed by atoms with van der Waals surface area (Å²) in [5.74, 6) is 0.382. The molecule has 0 atom stereocenters. The van der Waals surface area contributed by atoms with Crippen molar-refractivity contribution in [1.29, 1.82) is 0 Å². The second-order valence-corrected chi connectivity index (χ2v) is 3.60. The van der Waals surface area contributed by atoms with Crippen molar-refractivity contribution in [3.63, 3.8) is 0 Å². The molecule has 2 N–H and O–H groups in total. The summed E-state index contributed by atoms with van der Waals surface area (Å²) in [4.78, 5) is 22.0. The van der Waals surface area contributed by atoms with Crippen LogP contribution in [0.4, 0.5) is 4.79 Å². The molecule has 0 aliphatic carbocycles. The van der Waals surface area contributed by atoms with Crippen LogP contribution in [0.25, 0.3) is 0 Å². The van der Waals surface area contributed by atoms with E-state index in [1.165, 1.54) is 0 Å². The monoisotopic (exact) mass is 216 g/mol. The van der Waals surface area contributed by atoms with Crippen LogP contribution in [0.3, 0.4) is 0 Å². The SMILES string of the molecule is CCOC(=O)NCCC(=O)NCC(C)C. The molecule has 2 amide bonds. The summed E-state index contributed by atoms with van der Waals surface area (Å²) < 4.78 is 4.64. The number of rotatable bonds is 6. The molecule has 0 bridgehead atoms. The molecule has 5 nitrogen and oxygen atoms in total. The Bertz CT molecular complexity index is 205. The molecule has 0 rings (SSSR count). The van der Waals surface area contributed by atoms with Gasteiger partial charge in [-0.2, -0.15) is 0 Å². The molecule has 0 unspecified atom stereocenters. The second kappa shape index (κ2) is 8.08. The summed E-state index contributed by atoms with van der Waals surface area (Å²) >= 11 is 0. The van der Waals surface area contributed by atoms with Gasteiger partial charge in [0.25, 0.3) is 0 Å². The Balaban J connectivity index is 3.42. The van der Waals surface area contributed by atoms with Crippen LogP contribution in [0.2, 0.25) is 0 Å². The molecule has 0 saturated heterocycles. The molecule has 88 valence electrons. The van der Waals surface area contributed by atoms with Gasteiger partial charge in [-0.1, -0.05) is 13.8 Å². The Labute approximate surface area is 90.6 Å². The summed E-state index contributed by atoms with van der Waals surface area (Å²) in [6.07, 6.45) is -0.194. The number of amides is 2. The standard InChI is InChI=1S/C10H20N2O3/c1-4-15-10(14)11-6-5-9(13)12-7-8(2)3/h8H,4-7H2,1-3H3,(H,11,14)(H,12,13). The lowest BCUT2D eigenvalue weighted by Gasteiger charge is -2.08. The molecule has 0 aromatic heterocycles. The minimum absolute atomic E-state index is 0.0551. The summed E-state index contributed by atoms with van der Waals surface area (Å²) in [6.45, 7) is 7.09. The van der Waals surface area contributed by atoms with E-state index in [2.05, 4.69) is 15.4 Å². The van der Waals surface area contributed by atoms with Crippen LogP contribution in [-0.2, 0) is 9.53 Å². The van der Waals surface area contributed by atoms with Crippen molar-refractivity contribution in [2.24, 2.45) is 5.92 Å². The van der Waals surface area contributed by atoms with Crippen LogP contribution < -0.4 is 10.6 Å². The lowest BCUT2D eigenvalue weighted by molar-refractivity contribution is -0.121. The van der Waals surface area contributed by atoms with Gasteiger partial charge in [0.1, 0.15) is 0 Å². The van der Waals surface area contributed by atoms with Gasteiger partial charge in [0.05, 0.1) is 6.61 Å². The fourth-order valence-corrected chi connectivity index (χ4v) is 0.867. The van der Waals surface area contributed by atoms with Crippen LogP contribution in [0.5, 0.6) is 0 Å². The van der Waals surface area contributed by atoms with E-state index in [-0.39, 0.29) is 12.3 Å². The summed E-state index contributed by atoms with van der Waals surface area (Å²) in [6, 6.07) is 0. The lowest BCUT2D eigenvalue weighted by atomic mass is 10.2. The van der Waals surface area contributed by atoms with Crippen molar-refractivity contribution in [3.05, 3.63) is 0 Å². The second-order valence-electron chi connectivity index (χ2n) is 3.60. The van der Waals surface area contributed by atoms with Crippen LogP contribution in [0, 0.1) is 5.92 Å². The van der Waals surface area contributed by atoms with Crippen LogP contribution in [0.1, 0.15) is 27.2 Å². The Morgan fingerprint density at radius 2 is 1.93 bits per heavy atom. The van der Waals surface area contributed by atoms with Crippen molar-refractivity contribution >= 4 is 12.0 Å². The normalized spacial score (nSPS) is 9.87. The summed E-state index contributed by atoms with van der Waals surface area (Å²) in [7, 11) is 0. The highest BCUT2D eigenvalue weighted by molar-refractivity contribution is 5.76. The van der Waals surface area contributed by atoms with Gasteiger partial charge in [-0.3, -0.25) is 4.79 Å². The zero-order chi connectivity index (χ0) is 11.7. The summed E-state index contributed by atoms with van der Waals surface area (Å²) in [5.41, 5.74) is 0. The highest BCUT2D eigenvalue weighted by atomic mass is 16.5. The van der Waals surface area contributed by atoms with E-state index < -0.39 is 6.09 Å². The molecule has 0 heterocycles. The van der Waals surface area contributed by atoms with Crippen molar-refractivity contribution in [3.8, 4) is 0 Å². The van der Waals surface area contributed by atoms with E-state index in [0.29, 0.717) is 25.6 Å². The molecule has 0 saturated carbocycles. The van der Waals surface area contributed by atoms with E-state index in [1.54, 1.807) is 6.92 Å². The molecule has 0 fully saturated rings. The number of carbonyl (C=O) groups excluding carboxylic acids is 2. The van der Waals surface area contributed by atoms with Gasteiger partial charge in [-0.25, -0.2) is 4.79 Å². The van der Waals surface area contributed by atoms with Crippen LogP contribution in [-0.4, -0.2) is 31.7 Å². The van der Waals surface area contributed by atoms with Crippen molar-refractivity contribution in [2.75, 3.05) is 19.7 Å². The fraction of sp³-hybridized carbons (Fsp3) is 0.800. The van der Waals surface area contributed by atoms with Gasteiger partial charge in [0.2, 0.25) is 5.91 Å². The molecule has 15 heavy (non-hydrogen) atoms. The number of hydrogen-bond acceptors (Lipinski definition) is 3. The topological polar surface area (TPSA) is 67.4 Å². The van der Waals surface area contributed by atoms with Gasteiger partial charge in [-0.05, 0) is 12.8 Å². The first kappa shape index (κ1) is 13.7. The molecule has 0 spiro atoms. The average molecular weight is 216 g/mol. The maximum Gasteiger partial charge on any atom is 0.407 e. The van der Waals surface area contributed by atoms with Gasteiger partial charge < -0.3 is 15.4 Å². The van der Waals surface area contributed by atoms with Crippen molar-refractivity contribution in [1.82, 2.24) is 10.6 Å². The maximum absolute atomic E-state index is 11.2. The largest absolute Gasteiger partial charge is 0.450 e. The lowest BCUT2D eigenvalue weighted by Crippen LogP contribution is -2.32. The third-order valence-electron chi connectivity index (χ3n) is 1.60. The van der Waals surface area contributed by atoms with E-state index >= 15 is 0 Å². The molecular weight excluding hydrogens is 196 g/mol. The minimum Gasteiger partial charge on any atom is -0.450 e. The summed E-state index contributed by atoms with van der Waals surface area (Å²) in [5, 5.41) is 5.24. The predicted molar refractivity (Wildman–Crippen MR) is 57.5 cm³/mol. The van der Waals surface area contributed by atoms with Gasteiger partial charge in [0.15, 0.2) is 0 Å². The maximum atomic E-state index is 11.2. The first-order chi connectivity index (χ1) is 7.06. The van der Waals surface area contributed by atoms with Gasteiger partial charge in [0, 0.05) is 19.5 Å².